The van der Waals surface area contributed by atoms with E-state index in [1.165, 1.54) is 16.3 Å². The molecule has 2 aromatic carbocycles. The maximum Gasteiger partial charge on any atom is 0.123 e. The summed E-state index contributed by atoms with van der Waals surface area (Å²) >= 11 is 0. The van der Waals surface area contributed by atoms with Crippen molar-refractivity contribution in [1.29, 1.82) is 0 Å². The second-order valence-electron chi connectivity index (χ2n) is 5.85. The van der Waals surface area contributed by atoms with E-state index >= 15 is 0 Å². The fourth-order valence-electron chi connectivity index (χ4n) is 3.22. The van der Waals surface area contributed by atoms with Gasteiger partial charge in [0.05, 0.1) is 13.2 Å². The minimum atomic E-state index is -0.102. The Kier molecular flexibility index (Phi) is 4.42. The minimum absolute atomic E-state index is 0.102. The Balaban J connectivity index is 1.79. The lowest BCUT2D eigenvalue weighted by atomic mass is 9.93. The van der Waals surface area contributed by atoms with Crippen LogP contribution in [0.2, 0.25) is 0 Å². The molecule has 0 unspecified atom stereocenters. The van der Waals surface area contributed by atoms with Crippen LogP contribution in [0.3, 0.4) is 0 Å². The van der Waals surface area contributed by atoms with Crippen molar-refractivity contribution in [3.8, 4) is 5.75 Å². The topological polar surface area (TPSA) is 41.5 Å². The van der Waals surface area contributed by atoms with Gasteiger partial charge in [-0.1, -0.05) is 30.3 Å². The van der Waals surface area contributed by atoms with E-state index in [1.807, 2.05) is 6.07 Å². The number of methoxy groups -OCH3 is 1. The number of ether oxygens (including phenoxy) is 1. The number of aliphatic hydroxyl groups is 1. The van der Waals surface area contributed by atoms with E-state index in [4.69, 9.17) is 4.74 Å². The molecule has 1 aliphatic rings. The number of benzene rings is 2. The Labute approximate surface area is 125 Å². The van der Waals surface area contributed by atoms with Gasteiger partial charge in [-0.3, -0.25) is 0 Å². The molecule has 2 N–H and O–H groups in total. The molecule has 0 saturated heterocycles. The molecule has 1 aliphatic carbocycles. The fourth-order valence-corrected chi connectivity index (χ4v) is 3.22. The van der Waals surface area contributed by atoms with Gasteiger partial charge in [-0.2, -0.15) is 0 Å². The molecule has 0 amide bonds. The molecule has 0 radical (unpaired) electrons. The number of hydrogen-bond donors (Lipinski definition) is 2. The van der Waals surface area contributed by atoms with Crippen LogP contribution in [0, 0.1) is 0 Å². The molecule has 3 heteroatoms. The van der Waals surface area contributed by atoms with Gasteiger partial charge in [0, 0.05) is 18.2 Å². The summed E-state index contributed by atoms with van der Waals surface area (Å²) in [6.45, 7) is 0.811. The summed E-state index contributed by atoms with van der Waals surface area (Å²) in [6.07, 6.45) is 3.81. The van der Waals surface area contributed by atoms with Gasteiger partial charge in [-0.15, -0.1) is 0 Å². The Morgan fingerprint density at radius 2 is 1.86 bits per heavy atom. The molecule has 0 spiro atoms. The predicted molar refractivity (Wildman–Crippen MR) is 85.6 cm³/mol. The monoisotopic (exact) mass is 285 g/mol. The second kappa shape index (κ2) is 6.46. The summed E-state index contributed by atoms with van der Waals surface area (Å²) in [5, 5.41) is 15.7. The first-order valence-corrected chi connectivity index (χ1v) is 7.74. The summed E-state index contributed by atoms with van der Waals surface area (Å²) in [6, 6.07) is 13.1. The molecule has 0 aromatic heterocycles. The summed E-state index contributed by atoms with van der Waals surface area (Å²) < 4.78 is 5.53. The lowest BCUT2D eigenvalue weighted by Gasteiger charge is -2.26. The van der Waals surface area contributed by atoms with E-state index in [9.17, 15) is 5.11 Å². The highest BCUT2D eigenvalue weighted by atomic mass is 16.5. The van der Waals surface area contributed by atoms with Gasteiger partial charge in [0.2, 0.25) is 0 Å². The average molecular weight is 285 g/mol. The van der Waals surface area contributed by atoms with Gasteiger partial charge in [0.1, 0.15) is 5.75 Å². The van der Waals surface area contributed by atoms with Crippen molar-refractivity contribution in [2.24, 2.45) is 0 Å². The SMILES string of the molecule is COc1ccc2ccccc2c1CNC1CCC(O)CC1. The quantitative estimate of drug-likeness (QED) is 0.906. The van der Waals surface area contributed by atoms with Crippen LogP contribution in [-0.2, 0) is 6.54 Å². The van der Waals surface area contributed by atoms with Gasteiger partial charge in [-0.25, -0.2) is 0 Å². The Morgan fingerprint density at radius 3 is 2.62 bits per heavy atom. The van der Waals surface area contributed by atoms with E-state index < -0.39 is 0 Å². The number of nitrogens with one attached hydrogen (secondary N) is 1. The van der Waals surface area contributed by atoms with Gasteiger partial charge in [0.15, 0.2) is 0 Å². The molecule has 0 aliphatic heterocycles. The number of rotatable bonds is 4. The van der Waals surface area contributed by atoms with Gasteiger partial charge in [0.25, 0.3) is 0 Å². The summed E-state index contributed by atoms with van der Waals surface area (Å²) in [7, 11) is 1.73. The maximum atomic E-state index is 9.59. The normalized spacial score (nSPS) is 22.4. The molecule has 2 aromatic rings. The third-order valence-electron chi connectivity index (χ3n) is 4.48. The van der Waals surface area contributed by atoms with E-state index in [2.05, 4.69) is 35.6 Å². The molecule has 0 heterocycles. The van der Waals surface area contributed by atoms with E-state index in [0.717, 1.165) is 38.0 Å². The van der Waals surface area contributed by atoms with Crippen LogP contribution in [0.4, 0.5) is 0 Å². The lowest BCUT2D eigenvalue weighted by molar-refractivity contribution is 0.116. The molecule has 0 atom stereocenters. The first-order chi connectivity index (χ1) is 10.3. The maximum absolute atomic E-state index is 9.59. The highest BCUT2D eigenvalue weighted by molar-refractivity contribution is 5.87. The molecule has 0 bridgehead atoms. The van der Waals surface area contributed by atoms with E-state index in [1.54, 1.807) is 7.11 Å². The molecular formula is C18H23NO2. The van der Waals surface area contributed by atoms with Gasteiger partial charge in [-0.05, 0) is 42.5 Å². The first kappa shape index (κ1) is 14.4. The zero-order valence-corrected chi connectivity index (χ0v) is 12.5. The van der Waals surface area contributed by atoms with Crippen LogP contribution >= 0.6 is 0 Å². The molecule has 3 rings (SSSR count). The molecule has 112 valence electrons. The van der Waals surface area contributed by atoms with Crippen LogP contribution < -0.4 is 10.1 Å². The summed E-state index contributed by atoms with van der Waals surface area (Å²) in [4.78, 5) is 0. The van der Waals surface area contributed by atoms with Crippen molar-refractivity contribution >= 4 is 10.8 Å². The van der Waals surface area contributed by atoms with Crippen LogP contribution in [0.15, 0.2) is 36.4 Å². The second-order valence-corrected chi connectivity index (χ2v) is 5.85. The number of aliphatic hydroxyl groups excluding tert-OH is 1. The average Bonchev–Trinajstić information content (AvgIpc) is 2.54. The molecule has 21 heavy (non-hydrogen) atoms. The van der Waals surface area contributed by atoms with Crippen LogP contribution in [0.1, 0.15) is 31.2 Å². The smallest absolute Gasteiger partial charge is 0.123 e. The van der Waals surface area contributed by atoms with Crippen molar-refractivity contribution in [2.45, 2.75) is 44.4 Å². The molecule has 3 nitrogen and oxygen atoms in total. The molecule has 1 fully saturated rings. The van der Waals surface area contributed by atoms with Crippen LogP contribution in [-0.4, -0.2) is 24.4 Å². The van der Waals surface area contributed by atoms with Crippen molar-refractivity contribution in [2.75, 3.05) is 7.11 Å². The Bertz CT molecular complexity index is 603. The summed E-state index contributed by atoms with van der Waals surface area (Å²) in [5.41, 5.74) is 1.22. The minimum Gasteiger partial charge on any atom is -0.496 e. The van der Waals surface area contributed by atoms with E-state index in [0.29, 0.717) is 6.04 Å². The van der Waals surface area contributed by atoms with Crippen molar-refractivity contribution in [1.82, 2.24) is 5.32 Å². The third-order valence-corrected chi connectivity index (χ3v) is 4.48. The highest BCUT2D eigenvalue weighted by Gasteiger charge is 2.19. The standard InChI is InChI=1S/C18H23NO2/c1-21-18-11-6-13-4-2-3-5-16(13)17(18)12-19-14-7-9-15(20)10-8-14/h2-6,11,14-15,19-20H,7-10,12H2,1H3. The van der Waals surface area contributed by atoms with Gasteiger partial charge >= 0.3 is 0 Å². The first-order valence-electron chi connectivity index (χ1n) is 7.74. The predicted octanol–water partition coefficient (Wildman–Crippen LogP) is 3.24. The highest BCUT2D eigenvalue weighted by Crippen LogP contribution is 2.28. The molecular weight excluding hydrogens is 262 g/mol. The summed E-state index contributed by atoms with van der Waals surface area (Å²) in [5.74, 6) is 0.942. The Hall–Kier alpha value is -1.58. The van der Waals surface area contributed by atoms with Gasteiger partial charge < -0.3 is 15.2 Å². The molecule has 1 saturated carbocycles. The third kappa shape index (κ3) is 3.20. The number of hydrogen-bond acceptors (Lipinski definition) is 3. The van der Waals surface area contributed by atoms with Crippen LogP contribution in [0.25, 0.3) is 10.8 Å². The van der Waals surface area contributed by atoms with E-state index in [-0.39, 0.29) is 6.10 Å². The largest absolute Gasteiger partial charge is 0.496 e. The van der Waals surface area contributed by atoms with Crippen molar-refractivity contribution < 1.29 is 9.84 Å². The van der Waals surface area contributed by atoms with Crippen LogP contribution in [0.5, 0.6) is 5.75 Å². The number of fused-ring (bicyclic) bond motifs is 1. The Morgan fingerprint density at radius 1 is 1.10 bits per heavy atom. The van der Waals surface area contributed by atoms with Crippen molar-refractivity contribution in [3.63, 3.8) is 0 Å². The zero-order valence-electron chi connectivity index (χ0n) is 12.5. The fraction of sp³-hybridized carbons (Fsp3) is 0.444. The zero-order chi connectivity index (χ0) is 14.7. The lowest BCUT2D eigenvalue weighted by Crippen LogP contribution is -2.34. The van der Waals surface area contributed by atoms with Crippen molar-refractivity contribution in [3.05, 3.63) is 42.0 Å².